The molecule has 1 saturated carbocycles. The maximum Gasteiger partial charge on any atom is 0.101 e. The summed E-state index contributed by atoms with van der Waals surface area (Å²) in [6.07, 6.45) is 5.25. The van der Waals surface area contributed by atoms with Crippen LogP contribution in [-0.4, -0.2) is 18.8 Å². The van der Waals surface area contributed by atoms with E-state index >= 15 is 0 Å². The fourth-order valence-corrected chi connectivity index (χ4v) is 4.08. The van der Waals surface area contributed by atoms with Crippen LogP contribution in [0.15, 0.2) is 51.6 Å². The Balaban J connectivity index is 1.95. The Kier molecular flexibility index (Phi) is 6.71. The van der Waals surface area contributed by atoms with Crippen LogP contribution in [0.25, 0.3) is 5.70 Å². The van der Waals surface area contributed by atoms with E-state index in [0.29, 0.717) is 16.6 Å². The number of aromatic nitrogens is 2. The molecule has 26 heavy (non-hydrogen) atoms. The van der Waals surface area contributed by atoms with Crippen LogP contribution in [0.4, 0.5) is 0 Å². The van der Waals surface area contributed by atoms with E-state index in [-0.39, 0.29) is 0 Å². The first-order chi connectivity index (χ1) is 12.4. The van der Waals surface area contributed by atoms with Crippen molar-refractivity contribution in [1.29, 1.82) is 0 Å². The van der Waals surface area contributed by atoms with E-state index in [2.05, 4.69) is 32.6 Å². The number of aliphatic hydroxyl groups is 1. The molecule has 2 aromatic heterocycles. The molecule has 3 rings (SSSR count). The van der Waals surface area contributed by atoms with E-state index in [1.165, 1.54) is 12.8 Å². The Labute approximate surface area is 176 Å². The normalized spacial score (nSPS) is 17.0. The highest BCUT2D eigenvalue weighted by Gasteiger charge is 2.26. The topological polar surface area (TPSA) is 58.4 Å². The maximum atomic E-state index is 9.68. The van der Waals surface area contributed by atoms with Gasteiger partial charge in [-0.2, -0.15) is 0 Å². The molecule has 2 heterocycles. The Morgan fingerprint density at radius 1 is 1.27 bits per heavy atom. The van der Waals surface area contributed by atoms with Crippen molar-refractivity contribution in [2.75, 3.05) is 0 Å². The molecule has 1 N–H and O–H groups in total. The van der Waals surface area contributed by atoms with Crippen LogP contribution in [0.1, 0.15) is 44.1 Å². The lowest BCUT2D eigenvalue weighted by Crippen LogP contribution is -1.97. The molecule has 0 saturated heterocycles. The summed E-state index contributed by atoms with van der Waals surface area (Å²) in [5, 5.41) is 11.2. The lowest BCUT2D eigenvalue weighted by atomic mass is 10.1. The van der Waals surface area contributed by atoms with Crippen molar-refractivity contribution in [2.24, 2.45) is 10.9 Å². The Hall–Kier alpha value is -0.960. The summed E-state index contributed by atoms with van der Waals surface area (Å²) in [5.74, 6) is 0.585. The fraction of sp³-hybridized carbons (Fsp3) is 0.316. The van der Waals surface area contributed by atoms with Gasteiger partial charge in [0, 0.05) is 28.8 Å². The minimum absolute atomic E-state index is 0.583. The van der Waals surface area contributed by atoms with Gasteiger partial charge < -0.3 is 5.11 Å². The molecular weight excluding hydrogens is 481 g/mol. The van der Waals surface area contributed by atoms with Crippen LogP contribution in [0.3, 0.4) is 0 Å². The van der Waals surface area contributed by atoms with Gasteiger partial charge in [-0.3, -0.25) is 4.98 Å². The minimum Gasteiger partial charge on any atom is -0.387 e. The van der Waals surface area contributed by atoms with Crippen LogP contribution in [0.5, 0.6) is 0 Å². The number of rotatable bonds is 6. The highest BCUT2D eigenvalue weighted by atomic mass is 127. The number of hydrogen-bond donors (Lipinski definition) is 1. The molecule has 136 valence electrons. The van der Waals surface area contributed by atoms with E-state index in [9.17, 15) is 5.11 Å². The molecule has 2 aromatic rings. The van der Waals surface area contributed by atoms with Crippen molar-refractivity contribution < 1.29 is 5.11 Å². The summed E-state index contributed by atoms with van der Waals surface area (Å²) in [6, 6.07) is 7.54. The van der Waals surface area contributed by atoms with Gasteiger partial charge in [-0.1, -0.05) is 23.4 Å². The zero-order valence-corrected chi connectivity index (χ0v) is 18.2. The standard InChI is InChI=1S/C19H19ClIN3OS/c1-11(25)16-7-5-14(9-22-16)18(24-19(21)13-3-4-13)12(2)26-17-8-6-15(20)10-23-17/h5-11,13,25H,3-4H2,1-2H3/b18-12+,24-19-. The number of allylic oxidation sites excluding steroid dienone is 1. The predicted molar refractivity (Wildman–Crippen MR) is 117 cm³/mol. The zero-order valence-electron chi connectivity index (χ0n) is 14.5. The summed E-state index contributed by atoms with van der Waals surface area (Å²) < 4.78 is 1.13. The number of thioether (sulfide) groups is 1. The smallest absolute Gasteiger partial charge is 0.101 e. The maximum absolute atomic E-state index is 9.68. The quantitative estimate of drug-likeness (QED) is 0.305. The van der Waals surface area contributed by atoms with Crippen molar-refractivity contribution in [2.45, 2.75) is 37.8 Å². The Morgan fingerprint density at radius 3 is 2.58 bits per heavy atom. The molecule has 0 bridgehead atoms. The second kappa shape index (κ2) is 8.82. The summed E-state index contributed by atoms with van der Waals surface area (Å²) in [6.45, 7) is 3.75. The molecule has 4 nitrogen and oxygen atoms in total. The zero-order chi connectivity index (χ0) is 18.7. The Bertz CT molecular complexity index is 831. The molecule has 1 unspecified atom stereocenters. The number of aliphatic hydroxyl groups excluding tert-OH is 1. The number of hydrogen-bond acceptors (Lipinski definition) is 5. The van der Waals surface area contributed by atoms with Gasteiger partial charge in [-0.25, -0.2) is 9.98 Å². The summed E-state index contributed by atoms with van der Waals surface area (Å²) in [5.41, 5.74) is 2.48. The van der Waals surface area contributed by atoms with Crippen LogP contribution in [0.2, 0.25) is 5.02 Å². The van der Waals surface area contributed by atoms with E-state index in [1.54, 1.807) is 31.1 Å². The second-order valence-corrected chi connectivity index (χ2v) is 8.95. The van der Waals surface area contributed by atoms with Gasteiger partial charge in [0.15, 0.2) is 0 Å². The summed E-state index contributed by atoms with van der Waals surface area (Å²) in [4.78, 5) is 14.7. The van der Waals surface area contributed by atoms with Gasteiger partial charge in [-0.05, 0) is 73.5 Å². The molecule has 0 aromatic carbocycles. The Morgan fingerprint density at radius 2 is 2.04 bits per heavy atom. The van der Waals surface area contributed by atoms with Crippen LogP contribution in [-0.2, 0) is 0 Å². The summed E-state index contributed by atoms with van der Waals surface area (Å²) >= 11 is 9.82. The van der Waals surface area contributed by atoms with E-state index in [0.717, 1.165) is 24.9 Å². The first-order valence-corrected chi connectivity index (χ1v) is 10.6. The third kappa shape index (κ3) is 5.28. The first kappa shape index (κ1) is 19.8. The average Bonchev–Trinajstić information content (AvgIpc) is 3.46. The summed E-state index contributed by atoms with van der Waals surface area (Å²) in [7, 11) is 0. The van der Waals surface area contributed by atoms with E-state index in [1.807, 2.05) is 31.2 Å². The number of aliphatic imine (C=N–C) groups is 1. The monoisotopic (exact) mass is 499 g/mol. The molecule has 1 aliphatic rings. The van der Waals surface area contributed by atoms with Crippen molar-refractivity contribution in [1.82, 2.24) is 9.97 Å². The molecule has 1 fully saturated rings. The number of pyridine rings is 2. The van der Waals surface area contributed by atoms with Crippen molar-refractivity contribution in [3.8, 4) is 0 Å². The van der Waals surface area contributed by atoms with Crippen molar-refractivity contribution >= 4 is 55.4 Å². The lowest BCUT2D eigenvalue weighted by Gasteiger charge is -2.10. The van der Waals surface area contributed by atoms with Crippen LogP contribution < -0.4 is 0 Å². The molecule has 0 radical (unpaired) electrons. The largest absolute Gasteiger partial charge is 0.387 e. The third-order valence-corrected chi connectivity index (χ3v) is 6.21. The van der Waals surface area contributed by atoms with E-state index < -0.39 is 6.10 Å². The van der Waals surface area contributed by atoms with Gasteiger partial charge in [0.1, 0.15) is 5.03 Å². The third-order valence-electron chi connectivity index (χ3n) is 3.91. The van der Waals surface area contributed by atoms with Gasteiger partial charge in [0.05, 0.1) is 26.2 Å². The second-order valence-electron chi connectivity index (χ2n) is 6.18. The molecule has 0 spiro atoms. The molecule has 0 amide bonds. The van der Waals surface area contributed by atoms with Crippen molar-refractivity contribution in [3.05, 3.63) is 57.8 Å². The predicted octanol–water partition coefficient (Wildman–Crippen LogP) is 5.91. The molecule has 1 aliphatic carbocycles. The van der Waals surface area contributed by atoms with Gasteiger partial charge >= 0.3 is 0 Å². The van der Waals surface area contributed by atoms with Gasteiger partial charge in [0.25, 0.3) is 0 Å². The number of halogens is 2. The molecule has 1 atom stereocenters. The van der Waals surface area contributed by atoms with Crippen molar-refractivity contribution in [3.63, 3.8) is 0 Å². The fourth-order valence-electron chi connectivity index (χ4n) is 2.29. The highest BCUT2D eigenvalue weighted by molar-refractivity contribution is 14.1. The highest BCUT2D eigenvalue weighted by Crippen LogP contribution is 2.37. The van der Waals surface area contributed by atoms with Crippen LogP contribution in [0, 0.1) is 5.92 Å². The molecular formula is C19H19ClIN3OS. The van der Waals surface area contributed by atoms with Gasteiger partial charge in [-0.15, -0.1) is 0 Å². The SMILES string of the molecule is C/C(Sc1ccc(Cl)cn1)=C(\N=C(/I)C1CC1)c1ccc(C(C)O)nc1. The average molecular weight is 500 g/mol. The first-order valence-electron chi connectivity index (χ1n) is 8.33. The number of nitrogens with zero attached hydrogens (tertiary/aromatic N) is 3. The van der Waals surface area contributed by atoms with E-state index in [4.69, 9.17) is 16.6 Å². The molecule has 7 heteroatoms. The molecule has 0 aliphatic heterocycles. The van der Waals surface area contributed by atoms with Gasteiger partial charge in [0.2, 0.25) is 0 Å². The minimum atomic E-state index is -0.583. The van der Waals surface area contributed by atoms with Crippen LogP contribution >= 0.6 is 46.0 Å². The lowest BCUT2D eigenvalue weighted by molar-refractivity contribution is 0.194.